The van der Waals surface area contributed by atoms with Crippen molar-refractivity contribution in [2.45, 2.75) is 25.7 Å². The van der Waals surface area contributed by atoms with Crippen LogP contribution in [0.25, 0.3) is 0 Å². The van der Waals surface area contributed by atoms with E-state index in [0.717, 1.165) is 35.7 Å². The lowest BCUT2D eigenvalue weighted by Gasteiger charge is -2.06. The summed E-state index contributed by atoms with van der Waals surface area (Å²) >= 11 is 0. The molecule has 0 saturated carbocycles. The van der Waals surface area contributed by atoms with E-state index < -0.39 is 0 Å². The zero-order chi connectivity index (χ0) is 15.9. The molecule has 1 N–H and O–H groups in total. The van der Waals surface area contributed by atoms with E-state index in [4.69, 9.17) is 18.7 Å². The molecule has 0 radical (unpaired) electrons. The number of rotatable bonds is 8. The van der Waals surface area contributed by atoms with Crippen LogP contribution in [0.5, 0.6) is 11.5 Å². The molecule has 6 heteroatoms. The van der Waals surface area contributed by atoms with Crippen molar-refractivity contribution in [1.82, 2.24) is 5.48 Å². The van der Waals surface area contributed by atoms with Crippen molar-refractivity contribution in [3.8, 4) is 11.5 Å². The van der Waals surface area contributed by atoms with Gasteiger partial charge in [-0.05, 0) is 42.7 Å². The first-order chi connectivity index (χ1) is 11.3. The predicted molar refractivity (Wildman–Crippen MR) is 82.0 cm³/mol. The SMILES string of the molecule is O=C(CCc1ccc2c(c1)OCO2)NOCCCc1ccco1. The number of benzene rings is 1. The fourth-order valence-corrected chi connectivity index (χ4v) is 2.31. The standard InChI is InChI=1S/C17H19NO5/c19-17(18-23-10-2-4-14-3-1-9-20-14)8-6-13-5-7-15-16(11-13)22-12-21-15/h1,3,5,7,9,11H,2,4,6,8,10,12H2,(H,18,19). The monoisotopic (exact) mass is 317 g/mol. The lowest BCUT2D eigenvalue weighted by Crippen LogP contribution is -2.24. The molecule has 23 heavy (non-hydrogen) atoms. The number of hydrogen-bond acceptors (Lipinski definition) is 5. The lowest BCUT2D eigenvalue weighted by atomic mass is 10.1. The van der Waals surface area contributed by atoms with E-state index >= 15 is 0 Å². The van der Waals surface area contributed by atoms with Gasteiger partial charge in [0.25, 0.3) is 0 Å². The lowest BCUT2D eigenvalue weighted by molar-refractivity contribution is -0.133. The number of hydrogen-bond donors (Lipinski definition) is 1. The first-order valence-electron chi connectivity index (χ1n) is 7.63. The Morgan fingerprint density at radius 3 is 2.96 bits per heavy atom. The maximum absolute atomic E-state index is 11.7. The molecular formula is C17H19NO5. The maximum Gasteiger partial charge on any atom is 0.243 e. The summed E-state index contributed by atoms with van der Waals surface area (Å²) in [6.07, 6.45) is 4.21. The largest absolute Gasteiger partial charge is 0.469 e. The highest BCUT2D eigenvalue weighted by molar-refractivity contribution is 5.75. The molecule has 0 fully saturated rings. The number of amides is 1. The van der Waals surface area contributed by atoms with Gasteiger partial charge in [-0.3, -0.25) is 9.63 Å². The highest BCUT2D eigenvalue weighted by atomic mass is 16.7. The molecule has 0 spiro atoms. The molecule has 3 rings (SSSR count). The Labute approximate surface area is 134 Å². The van der Waals surface area contributed by atoms with Crippen LogP contribution in [-0.2, 0) is 22.5 Å². The molecule has 1 amide bonds. The summed E-state index contributed by atoms with van der Waals surface area (Å²) in [6.45, 7) is 0.710. The molecule has 122 valence electrons. The van der Waals surface area contributed by atoms with Gasteiger partial charge < -0.3 is 13.9 Å². The van der Waals surface area contributed by atoms with Gasteiger partial charge in [0.1, 0.15) is 5.76 Å². The van der Waals surface area contributed by atoms with Crippen LogP contribution < -0.4 is 15.0 Å². The third-order valence-electron chi connectivity index (χ3n) is 3.51. The number of aryl methyl sites for hydroxylation is 2. The van der Waals surface area contributed by atoms with Crippen LogP contribution in [0.2, 0.25) is 0 Å². The first kappa shape index (κ1) is 15.4. The van der Waals surface area contributed by atoms with Gasteiger partial charge in [0.2, 0.25) is 12.7 Å². The number of furan rings is 1. The average Bonchev–Trinajstić information content (AvgIpc) is 3.23. The minimum atomic E-state index is -0.138. The molecule has 2 heterocycles. The van der Waals surface area contributed by atoms with E-state index in [1.165, 1.54) is 0 Å². The topological polar surface area (TPSA) is 69.9 Å². The highest BCUT2D eigenvalue weighted by Gasteiger charge is 2.13. The minimum absolute atomic E-state index is 0.138. The molecule has 2 aromatic rings. The highest BCUT2D eigenvalue weighted by Crippen LogP contribution is 2.32. The molecule has 1 aliphatic rings. The summed E-state index contributed by atoms with van der Waals surface area (Å²) in [5, 5.41) is 0. The van der Waals surface area contributed by atoms with E-state index in [-0.39, 0.29) is 12.7 Å². The van der Waals surface area contributed by atoms with Crippen molar-refractivity contribution < 1.29 is 23.5 Å². The summed E-state index contributed by atoms with van der Waals surface area (Å²) < 4.78 is 15.8. The Bertz CT molecular complexity index is 638. The Morgan fingerprint density at radius 1 is 1.17 bits per heavy atom. The van der Waals surface area contributed by atoms with Gasteiger partial charge >= 0.3 is 0 Å². The summed E-state index contributed by atoms with van der Waals surface area (Å²) in [4.78, 5) is 16.9. The van der Waals surface area contributed by atoms with E-state index in [0.29, 0.717) is 19.4 Å². The van der Waals surface area contributed by atoms with Gasteiger partial charge in [0.15, 0.2) is 11.5 Å². The molecular weight excluding hydrogens is 298 g/mol. The molecule has 0 saturated heterocycles. The van der Waals surface area contributed by atoms with Crippen LogP contribution in [0.15, 0.2) is 41.0 Å². The molecule has 0 atom stereocenters. The Morgan fingerprint density at radius 2 is 2.09 bits per heavy atom. The average molecular weight is 317 g/mol. The Balaban J connectivity index is 1.30. The number of fused-ring (bicyclic) bond motifs is 1. The summed E-state index contributed by atoms with van der Waals surface area (Å²) in [5.74, 6) is 2.26. The van der Waals surface area contributed by atoms with Crippen LogP contribution in [0.3, 0.4) is 0 Å². The van der Waals surface area contributed by atoms with Crippen LogP contribution >= 0.6 is 0 Å². The van der Waals surface area contributed by atoms with Gasteiger partial charge in [-0.2, -0.15) is 0 Å². The van der Waals surface area contributed by atoms with Crippen molar-refractivity contribution >= 4 is 5.91 Å². The number of nitrogens with one attached hydrogen (secondary N) is 1. The molecule has 0 bridgehead atoms. The molecule has 1 aliphatic heterocycles. The van der Waals surface area contributed by atoms with Crippen molar-refractivity contribution in [2.75, 3.05) is 13.4 Å². The van der Waals surface area contributed by atoms with Gasteiger partial charge in [-0.1, -0.05) is 6.07 Å². The fraction of sp³-hybridized carbons (Fsp3) is 0.353. The van der Waals surface area contributed by atoms with Gasteiger partial charge in [-0.15, -0.1) is 0 Å². The zero-order valence-electron chi connectivity index (χ0n) is 12.7. The second-order valence-corrected chi connectivity index (χ2v) is 5.24. The van der Waals surface area contributed by atoms with Crippen LogP contribution in [0.4, 0.5) is 0 Å². The van der Waals surface area contributed by atoms with Crippen molar-refractivity contribution in [1.29, 1.82) is 0 Å². The van der Waals surface area contributed by atoms with Gasteiger partial charge in [0, 0.05) is 12.8 Å². The number of hydroxylamine groups is 1. The molecule has 0 aliphatic carbocycles. The maximum atomic E-state index is 11.7. The van der Waals surface area contributed by atoms with Crippen LogP contribution in [-0.4, -0.2) is 19.3 Å². The Kier molecular flexibility index (Phi) is 5.16. The molecule has 1 aromatic heterocycles. The second-order valence-electron chi connectivity index (χ2n) is 5.24. The smallest absolute Gasteiger partial charge is 0.243 e. The van der Waals surface area contributed by atoms with Crippen molar-refractivity contribution in [2.24, 2.45) is 0 Å². The normalized spacial score (nSPS) is 12.3. The quantitative estimate of drug-likeness (QED) is 0.599. The minimum Gasteiger partial charge on any atom is -0.469 e. The van der Waals surface area contributed by atoms with E-state index in [1.54, 1.807) is 6.26 Å². The van der Waals surface area contributed by atoms with Crippen molar-refractivity contribution in [3.05, 3.63) is 47.9 Å². The molecule has 6 nitrogen and oxygen atoms in total. The van der Waals surface area contributed by atoms with E-state index in [9.17, 15) is 4.79 Å². The number of carbonyl (C=O) groups is 1. The number of carbonyl (C=O) groups excluding carboxylic acids is 1. The zero-order valence-corrected chi connectivity index (χ0v) is 12.7. The summed E-state index contributed by atoms with van der Waals surface area (Å²) in [6, 6.07) is 9.48. The van der Waals surface area contributed by atoms with Crippen molar-refractivity contribution in [3.63, 3.8) is 0 Å². The van der Waals surface area contributed by atoms with E-state index in [2.05, 4.69) is 5.48 Å². The van der Waals surface area contributed by atoms with Gasteiger partial charge in [0.05, 0.1) is 12.9 Å². The molecule has 1 aromatic carbocycles. The van der Waals surface area contributed by atoms with Crippen LogP contribution in [0, 0.1) is 0 Å². The second kappa shape index (κ2) is 7.69. The van der Waals surface area contributed by atoms with E-state index in [1.807, 2.05) is 30.3 Å². The predicted octanol–water partition coefficient (Wildman–Crippen LogP) is 2.62. The summed E-state index contributed by atoms with van der Waals surface area (Å²) in [5.41, 5.74) is 3.49. The first-order valence-corrected chi connectivity index (χ1v) is 7.63. The fourth-order valence-electron chi connectivity index (χ4n) is 2.31. The summed E-state index contributed by atoms with van der Waals surface area (Å²) in [7, 11) is 0. The third-order valence-corrected chi connectivity index (χ3v) is 3.51. The molecule has 0 unspecified atom stereocenters. The third kappa shape index (κ3) is 4.50. The Hall–Kier alpha value is -2.47. The number of ether oxygens (including phenoxy) is 2. The van der Waals surface area contributed by atoms with Crippen LogP contribution in [0.1, 0.15) is 24.2 Å². The van der Waals surface area contributed by atoms with Gasteiger partial charge in [-0.25, -0.2) is 5.48 Å².